The number of likely N-dealkylation sites (N-methyl/N-ethyl adjacent to an activating group) is 1. The third-order valence-corrected chi connectivity index (χ3v) is 4.97. The summed E-state index contributed by atoms with van der Waals surface area (Å²) in [6.45, 7) is 3.46. The second-order valence-electron chi connectivity index (χ2n) is 6.00. The molecule has 1 saturated heterocycles. The summed E-state index contributed by atoms with van der Waals surface area (Å²) in [7, 11) is 0. The minimum Gasteiger partial charge on any atom is -0.393 e. The van der Waals surface area contributed by atoms with Gasteiger partial charge in [-0.25, -0.2) is 9.69 Å². The molecule has 25 heavy (non-hydrogen) atoms. The first-order valence-corrected chi connectivity index (χ1v) is 8.24. The number of hydrogen-bond acceptors (Lipinski definition) is 4. The van der Waals surface area contributed by atoms with E-state index in [-0.39, 0.29) is 0 Å². The number of rotatable bonds is 4. The zero-order valence-electron chi connectivity index (χ0n) is 14.2. The Morgan fingerprint density at radius 2 is 1.80 bits per heavy atom. The van der Waals surface area contributed by atoms with E-state index in [1.54, 1.807) is 44.2 Å². The first-order chi connectivity index (χ1) is 12.1. The van der Waals surface area contributed by atoms with Gasteiger partial charge in [0, 0.05) is 17.3 Å². The van der Waals surface area contributed by atoms with Gasteiger partial charge >= 0.3 is 6.03 Å². The van der Waals surface area contributed by atoms with Crippen LogP contribution < -0.4 is 4.90 Å². The molecule has 0 bridgehead atoms. The first kappa shape index (κ1) is 16.9. The number of benzene rings is 2. The molecule has 128 valence electrons. The molecule has 0 spiro atoms. The third kappa shape index (κ3) is 2.20. The van der Waals surface area contributed by atoms with Gasteiger partial charge in [0.05, 0.1) is 23.9 Å². The molecule has 6 heteroatoms. The third-order valence-electron chi connectivity index (χ3n) is 4.97. The topological polar surface area (TPSA) is 84.6 Å². The number of fused-ring (bicyclic) bond motifs is 1. The number of imide groups is 1. The lowest BCUT2D eigenvalue weighted by atomic mass is 9.95. The van der Waals surface area contributed by atoms with Crippen LogP contribution in [0.1, 0.15) is 25.8 Å². The van der Waals surface area contributed by atoms with E-state index in [9.17, 15) is 20.0 Å². The van der Waals surface area contributed by atoms with Gasteiger partial charge < -0.3 is 10.0 Å². The number of amides is 3. The smallest absolute Gasteiger partial charge is 0.332 e. The first-order valence-electron chi connectivity index (χ1n) is 8.24. The van der Waals surface area contributed by atoms with E-state index in [0.717, 1.165) is 4.90 Å². The molecule has 1 heterocycles. The van der Waals surface area contributed by atoms with Gasteiger partial charge in [0.25, 0.3) is 5.91 Å². The van der Waals surface area contributed by atoms with Crippen molar-refractivity contribution in [3.8, 4) is 6.07 Å². The van der Waals surface area contributed by atoms with Gasteiger partial charge in [0.2, 0.25) is 0 Å². The molecule has 1 aliphatic heterocycles. The fourth-order valence-corrected chi connectivity index (χ4v) is 3.55. The second-order valence-corrected chi connectivity index (χ2v) is 6.00. The van der Waals surface area contributed by atoms with Crippen LogP contribution in [0, 0.1) is 11.3 Å². The van der Waals surface area contributed by atoms with Gasteiger partial charge in [-0.1, -0.05) is 31.2 Å². The molecule has 3 amide bonds. The van der Waals surface area contributed by atoms with E-state index in [1.165, 1.54) is 4.90 Å². The Hall–Kier alpha value is -2.91. The van der Waals surface area contributed by atoms with Crippen molar-refractivity contribution in [3.63, 3.8) is 0 Å². The number of hydrogen-bond donors (Lipinski definition) is 1. The number of carbonyl (C=O) groups excluding carboxylic acids is 2. The molecular formula is C19H19N3O3. The second kappa shape index (κ2) is 6.19. The monoisotopic (exact) mass is 337 g/mol. The Kier molecular flexibility index (Phi) is 4.19. The van der Waals surface area contributed by atoms with Crippen LogP contribution in [0.25, 0.3) is 10.8 Å². The van der Waals surface area contributed by atoms with Crippen molar-refractivity contribution in [2.24, 2.45) is 0 Å². The highest BCUT2D eigenvalue weighted by molar-refractivity contribution is 6.26. The van der Waals surface area contributed by atoms with Crippen LogP contribution in [0.5, 0.6) is 0 Å². The fourth-order valence-electron chi connectivity index (χ4n) is 3.55. The number of aliphatic hydroxyl groups excluding tert-OH is 1. The van der Waals surface area contributed by atoms with Crippen molar-refractivity contribution in [2.45, 2.75) is 25.8 Å². The van der Waals surface area contributed by atoms with Gasteiger partial charge in [-0.3, -0.25) is 4.79 Å². The number of carbonyl (C=O) groups is 2. The Labute approximate surface area is 145 Å². The summed E-state index contributed by atoms with van der Waals surface area (Å²) in [6, 6.07) is 12.1. The minimum absolute atomic E-state index is 0.323. The van der Waals surface area contributed by atoms with Crippen LogP contribution in [-0.4, -0.2) is 40.6 Å². The molecule has 1 N–H and O–H groups in total. The summed E-state index contributed by atoms with van der Waals surface area (Å²) in [5.74, 6) is -0.431. The molecule has 1 unspecified atom stereocenters. The maximum absolute atomic E-state index is 13.1. The molecule has 1 fully saturated rings. The van der Waals surface area contributed by atoms with E-state index in [1.807, 2.05) is 6.07 Å². The van der Waals surface area contributed by atoms with Crippen LogP contribution in [-0.2, 0) is 4.79 Å². The lowest BCUT2D eigenvalue weighted by Gasteiger charge is -2.31. The van der Waals surface area contributed by atoms with Crippen molar-refractivity contribution >= 4 is 28.4 Å². The highest BCUT2D eigenvalue weighted by Crippen LogP contribution is 2.38. The van der Waals surface area contributed by atoms with Crippen LogP contribution in [0.2, 0.25) is 0 Å². The largest absolute Gasteiger partial charge is 0.393 e. The molecule has 3 rings (SSSR count). The van der Waals surface area contributed by atoms with Crippen molar-refractivity contribution in [3.05, 3.63) is 42.0 Å². The SMILES string of the molecule is CCN1C(=O)N(c2ccc(C#N)c3ccccc23)C(=O)C1(CC)CO. The lowest BCUT2D eigenvalue weighted by molar-refractivity contribution is -0.127. The summed E-state index contributed by atoms with van der Waals surface area (Å²) in [5.41, 5.74) is -0.317. The summed E-state index contributed by atoms with van der Waals surface area (Å²) in [5, 5.41) is 20.5. The summed E-state index contributed by atoms with van der Waals surface area (Å²) in [6.07, 6.45) is 0.326. The normalized spacial score (nSPS) is 20.4. The molecule has 0 aliphatic carbocycles. The van der Waals surface area contributed by atoms with Crippen molar-refractivity contribution < 1.29 is 14.7 Å². The number of nitrogens with zero attached hydrogens (tertiary/aromatic N) is 3. The molecule has 0 aromatic heterocycles. The van der Waals surface area contributed by atoms with E-state index in [2.05, 4.69) is 6.07 Å². The van der Waals surface area contributed by atoms with E-state index >= 15 is 0 Å². The number of nitriles is 1. The molecule has 0 radical (unpaired) electrons. The van der Waals surface area contributed by atoms with Crippen LogP contribution in [0.4, 0.5) is 10.5 Å². The molecule has 6 nitrogen and oxygen atoms in total. The van der Waals surface area contributed by atoms with Crippen molar-refractivity contribution in [1.82, 2.24) is 4.90 Å². The summed E-state index contributed by atoms with van der Waals surface area (Å²) < 4.78 is 0. The predicted molar refractivity (Wildman–Crippen MR) is 94.0 cm³/mol. The Morgan fingerprint density at radius 1 is 1.12 bits per heavy atom. The zero-order valence-corrected chi connectivity index (χ0v) is 14.2. The maximum Gasteiger partial charge on any atom is 0.332 e. The summed E-state index contributed by atoms with van der Waals surface area (Å²) in [4.78, 5) is 28.6. The predicted octanol–water partition coefficient (Wildman–Crippen LogP) is 2.64. The Bertz CT molecular complexity index is 896. The van der Waals surface area contributed by atoms with Crippen LogP contribution in [0.3, 0.4) is 0 Å². The fraction of sp³-hybridized carbons (Fsp3) is 0.316. The quantitative estimate of drug-likeness (QED) is 0.869. The van der Waals surface area contributed by atoms with Gasteiger partial charge in [-0.15, -0.1) is 0 Å². The highest BCUT2D eigenvalue weighted by atomic mass is 16.3. The molecule has 0 saturated carbocycles. The van der Waals surface area contributed by atoms with Gasteiger partial charge in [-0.2, -0.15) is 5.26 Å². The number of aliphatic hydroxyl groups is 1. The average molecular weight is 337 g/mol. The van der Waals surface area contributed by atoms with Crippen LogP contribution in [0.15, 0.2) is 36.4 Å². The molecule has 2 aromatic rings. The minimum atomic E-state index is -1.24. The highest BCUT2D eigenvalue weighted by Gasteiger charge is 2.56. The van der Waals surface area contributed by atoms with Gasteiger partial charge in [0.15, 0.2) is 0 Å². The molecule has 2 aromatic carbocycles. The van der Waals surface area contributed by atoms with E-state index < -0.39 is 24.1 Å². The zero-order chi connectivity index (χ0) is 18.2. The average Bonchev–Trinajstić information content (AvgIpc) is 2.87. The van der Waals surface area contributed by atoms with E-state index in [4.69, 9.17) is 0 Å². The summed E-state index contributed by atoms with van der Waals surface area (Å²) >= 11 is 0. The molecular weight excluding hydrogens is 318 g/mol. The van der Waals surface area contributed by atoms with Crippen molar-refractivity contribution in [1.29, 1.82) is 5.26 Å². The Morgan fingerprint density at radius 3 is 2.32 bits per heavy atom. The standard InChI is InChI=1S/C19H19N3O3/c1-3-19(12-23)17(24)22(18(25)21(19)4-2)16-10-9-13(11-20)14-7-5-6-8-15(14)16/h5-10,23H,3-4,12H2,1-2H3. The van der Waals surface area contributed by atoms with Crippen LogP contribution >= 0.6 is 0 Å². The van der Waals surface area contributed by atoms with E-state index in [0.29, 0.717) is 35.0 Å². The van der Waals surface area contributed by atoms with Gasteiger partial charge in [-0.05, 0) is 25.5 Å². The molecule has 1 aliphatic rings. The lowest BCUT2D eigenvalue weighted by Crippen LogP contribution is -2.52. The molecule has 1 atom stereocenters. The van der Waals surface area contributed by atoms with Crippen molar-refractivity contribution in [2.75, 3.05) is 18.1 Å². The van der Waals surface area contributed by atoms with Gasteiger partial charge in [0.1, 0.15) is 5.54 Å². The maximum atomic E-state index is 13.1. The number of urea groups is 1. The number of anilines is 1. The Balaban J connectivity index is 2.24.